The molecular formula is C28H27N5O2. The highest BCUT2D eigenvalue weighted by Crippen LogP contribution is 2.31. The number of rotatable bonds is 9. The topological polar surface area (TPSA) is 92.0 Å². The van der Waals surface area contributed by atoms with Crippen LogP contribution in [0.2, 0.25) is 0 Å². The zero-order chi connectivity index (χ0) is 24.6. The smallest absolute Gasteiger partial charge is 0.246 e. The number of hydrogen-bond acceptors (Lipinski definition) is 5. The molecule has 1 amide bonds. The van der Waals surface area contributed by atoms with E-state index in [0.717, 1.165) is 28.7 Å². The van der Waals surface area contributed by atoms with E-state index in [1.165, 1.54) is 0 Å². The second-order valence-electron chi connectivity index (χ2n) is 8.16. The second kappa shape index (κ2) is 11.1. The highest BCUT2D eigenvalue weighted by atomic mass is 16.5. The van der Waals surface area contributed by atoms with Crippen LogP contribution in [0.1, 0.15) is 22.7 Å². The first-order valence-electron chi connectivity index (χ1n) is 11.3. The number of aromatic nitrogens is 2. The van der Waals surface area contributed by atoms with E-state index in [1.54, 1.807) is 30.1 Å². The molecule has 0 aliphatic carbocycles. The first-order chi connectivity index (χ1) is 17.1. The number of nitriles is 1. The Hall–Kier alpha value is -4.41. The van der Waals surface area contributed by atoms with E-state index in [9.17, 15) is 4.79 Å². The van der Waals surface area contributed by atoms with Crippen molar-refractivity contribution in [3.05, 3.63) is 102 Å². The van der Waals surface area contributed by atoms with Gasteiger partial charge in [0.05, 0.1) is 30.6 Å². The molecule has 0 saturated carbocycles. The molecule has 0 unspecified atom stereocenters. The quantitative estimate of drug-likeness (QED) is 0.380. The Morgan fingerprint density at radius 1 is 1.09 bits per heavy atom. The number of carbonyl (C=O) groups excluding carboxylic acids is 1. The number of nitrogens with one attached hydrogen (secondary N) is 2. The van der Waals surface area contributed by atoms with Crippen molar-refractivity contribution >= 4 is 11.6 Å². The van der Waals surface area contributed by atoms with Crippen LogP contribution in [-0.2, 0) is 18.3 Å². The third-order valence-corrected chi connectivity index (χ3v) is 5.74. The number of ether oxygens (including phenoxy) is 1. The van der Waals surface area contributed by atoms with Gasteiger partial charge in [-0.3, -0.25) is 9.48 Å². The van der Waals surface area contributed by atoms with Crippen molar-refractivity contribution < 1.29 is 9.53 Å². The summed E-state index contributed by atoms with van der Waals surface area (Å²) in [6.07, 6.45) is 4.44. The summed E-state index contributed by atoms with van der Waals surface area (Å²) in [5.74, 6) is 0.396. The lowest BCUT2D eigenvalue weighted by atomic mass is 10.0. The fourth-order valence-corrected chi connectivity index (χ4v) is 3.86. The van der Waals surface area contributed by atoms with Gasteiger partial charge in [0.1, 0.15) is 11.8 Å². The molecule has 0 radical (unpaired) electrons. The molecule has 2 N–H and O–H groups in total. The first kappa shape index (κ1) is 23.7. The summed E-state index contributed by atoms with van der Waals surface area (Å²) in [7, 11) is 3.45. The Bertz CT molecular complexity index is 1320. The fourth-order valence-electron chi connectivity index (χ4n) is 3.86. The molecule has 1 aromatic heterocycles. The summed E-state index contributed by atoms with van der Waals surface area (Å²) in [6.45, 7) is 0.593. The molecule has 1 atom stereocenters. The minimum Gasteiger partial charge on any atom is -0.495 e. The summed E-state index contributed by atoms with van der Waals surface area (Å²) < 4.78 is 7.31. The molecule has 3 aromatic carbocycles. The minimum absolute atomic E-state index is 0.177. The van der Waals surface area contributed by atoms with Crippen molar-refractivity contribution in [1.82, 2.24) is 15.1 Å². The molecule has 7 heteroatoms. The number of amides is 1. The maximum Gasteiger partial charge on any atom is 0.246 e. The van der Waals surface area contributed by atoms with Gasteiger partial charge in [-0.15, -0.1) is 0 Å². The average molecular weight is 466 g/mol. The van der Waals surface area contributed by atoms with Crippen LogP contribution >= 0.6 is 0 Å². The van der Waals surface area contributed by atoms with Crippen LogP contribution in [0.5, 0.6) is 5.75 Å². The highest BCUT2D eigenvalue weighted by molar-refractivity contribution is 5.97. The Morgan fingerprint density at radius 2 is 1.86 bits per heavy atom. The molecule has 0 spiro atoms. The van der Waals surface area contributed by atoms with Crippen LogP contribution < -0.4 is 15.4 Å². The largest absolute Gasteiger partial charge is 0.495 e. The second-order valence-corrected chi connectivity index (χ2v) is 8.16. The van der Waals surface area contributed by atoms with E-state index < -0.39 is 6.04 Å². The van der Waals surface area contributed by atoms with Gasteiger partial charge in [-0.1, -0.05) is 48.5 Å². The predicted molar refractivity (Wildman–Crippen MR) is 136 cm³/mol. The first-order valence-corrected chi connectivity index (χ1v) is 11.3. The van der Waals surface area contributed by atoms with Gasteiger partial charge in [0, 0.05) is 25.4 Å². The third-order valence-electron chi connectivity index (χ3n) is 5.74. The van der Waals surface area contributed by atoms with Crippen molar-refractivity contribution in [2.24, 2.45) is 7.05 Å². The SMILES string of the molecule is COc1cc(-c2cnn(C)c2)ccc1NC(=O)[C@H](NCCc1ccc(C#N)cc1)c1ccccc1. The van der Waals surface area contributed by atoms with Crippen LogP contribution in [0.4, 0.5) is 5.69 Å². The zero-order valence-corrected chi connectivity index (χ0v) is 19.7. The fraction of sp³-hybridized carbons (Fsp3) is 0.179. The lowest BCUT2D eigenvalue weighted by Crippen LogP contribution is -2.34. The zero-order valence-electron chi connectivity index (χ0n) is 19.7. The Labute approximate surface area is 205 Å². The van der Waals surface area contributed by atoms with Crippen molar-refractivity contribution in [2.75, 3.05) is 19.0 Å². The number of benzene rings is 3. The minimum atomic E-state index is -0.544. The molecule has 35 heavy (non-hydrogen) atoms. The van der Waals surface area contributed by atoms with Gasteiger partial charge < -0.3 is 15.4 Å². The van der Waals surface area contributed by atoms with Crippen LogP contribution in [0.3, 0.4) is 0 Å². The van der Waals surface area contributed by atoms with Gasteiger partial charge in [-0.2, -0.15) is 10.4 Å². The van der Waals surface area contributed by atoms with Crippen LogP contribution in [0, 0.1) is 11.3 Å². The van der Waals surface area contributed by atoms with E-state index in [2.05, 4.69) is 21.8 Å². The van der Waals surface area contributed by atoms with Gasteiger partial charge >= 0.3 is 0 Å². The van der Waals surface area contributed by atoms with Crippen molar-refractivity contribution in [3.63, 3.8) is 0 Å². The summed E-state index contributed by atoms with van der Waals surface area (Å²) in [5, 5.41) is 19.6. The lowest BCUT2D eigenvalue weighted by Gasteiger charge is -2.20. The van der Waals surface area contributed by atoms with E-state index in [4.69, 9.17) is 10.00 Å². The monoisotopic (exact) mass is 465 g/mol. The van der Waals surface area contributed by atoms with E-state index in [-0.39, 0.29) is 5.91 Å². The summed E-state index contributed by atoms with van der Waals surface area (Å²) >= 11 is 0. The average Bonchev–Trinajstić information content (AvgIpc) is 3.33. The highest BCUT2D eigenvalue weighted by Gasteiger charge is 2.21. The maximum atomic E-state index is 13.4. The van der Waals surface area contributed by atoms with Crippen LogP contribution in [0.15, 0.2) is 85.2 Å². The third kappa shape index (κ3) is 5.94. The molecule has 0 saturated heterocycles. The number of aryl methyl sites for hydroxylation is 1. The molecule has 0 aliphatic rings. The maximum absolute atomic E-state index is 13.4. The molecule has 0 bridgehead atoms. The standard InChI is InChI=1S/C28H27N5O2/c1-33-19-24(18-31-33)23-12-13-25(26(16-23)35-2)32-28(34)27(22-6-4-3-5-7-22)30-15-14-20-8-10-21(17-29)11-9-20/h3-13,16,18-19,27,30H,14-15H2,1-2H3,(H,32,34)/t27-/m1/s1. The van der Waals surface area contributed by atoms with Gasteiger partial charge in [0.15, 0.2) is 0 Å². The predicted octanol–water partition coefficient (Wildman–Crippen LogP) is 4.48. The van der Waals surface area contributed by atoms with Gasteiger partial charge in [0.2, 0.25) is 5.91 Å². The van der Waals surface area contributed by atoms with Gasteiger partial charge in [-0.05, 0) is 47.4 Å². The molecule has 0 fully saturated rings. The van der Waals surface area contributed by atoms with Gasteiger partial charge in [0.25, 0.3) is 0 Å². The molecule has 4 aromatic rings. The van der Waals surface area contributed by atoms with Crippen molar-refractivity contribution in [1.29, 1.82) is 5.26 Å². The number of carbonyl (C=O) groups is 1. The molecule has 4 rings (SSSR count). The number of hydrogen-bond donors (Lipinski definition) is 2. The van der Waals surface area contributed by atoms with E-state index in [1.807, 2.05) is 73.9 Å². The molecule has 176 valence electrons. The van der Waals surface area contributed by atoms with Crippen molar-refractivity contribution in [2.45, 2.75) is 12.5 Å². The molecule has 0 aliphatic heterocycles. The van der Waals surface area contributed by atoms with E-state index in [0.29, 0.717) is 23.5 Å². The summed E-state index contributed by atoms with van der Waals surface area (Å²) in [5.41, 5.74) is 5.11. The molecular weight excluding hydrogens is 438 g/mol. The Morgan fingerprint density at radius 3 is 2.51 bits per heavy atom. The number of nitrogens with zero attached hydrogens (tertiary/aromatic N) is 3. The van der Waals surface area contributed by atoms with Crippen LogP contribution in [0.25, 0.3) is 11.1 Å². The molecule has 1 heterocycles. The van der Waals surface area contributed by atoms with Gasteiger partial charge in [-0.25, -0.2) is 0 Å². The normalized spacial score (nSPS) is 11.5. The van der Waals surface area contributed by atoms with E-state index >= 15 is 0 Å². The molecule has 7 nitrogen and oxygen atoms in total. The Balaban J connectivity index is 1.49. The van der Waals surface area contributed by atoms with Crippen molar-refractivity contribution in [3.8, 4) is 22.9 Å². The summed E-state index contributed by atoms with van der Waals surface area (Å²) in [4.78, 5) is 13.4. The lowest BCUT2D eigenvalue weighted by molar-refractivity contribution is -0.118. The number of anilines is 1. The van der Waals surface area contributed by atoms with Crippen LogP contribution in [-0.4, -0.2) is 29.3 Å². The summed E-state index contributed by atoms with van der Waals surface area (Å²) in [6, 6.07) is 24.4. The Kier molecular flexibility index (Phi) is 7.56. The number of methoxy groups -OCH3 is 1.